The van der Waals surface area contributed by atoms with Crippen LogP contribution in [0.15, 0.2) is 78.9 Å². The number of nitrogens with zero attached hydrogens (tertiary/aromatic N) is 1. The molecule has 1 N–H and O–H groups in total. The van der Waals surface area contributed by atoms with Crippen LogP contribution in [0.5, 0.6) is 11.5 Å². The molecule has 5 nitrogen and oxygen atoms in total. The SMILES string of the molecule is CC/C(=C(/c1ccc(OCC(O)CN2CCCCC2)cc1)c1ccc(OC(C)=O)cc1)c1ccccc1. The van der Waals surface area contributed by atoms with Gasteiger partial charge < -0.3 is 19.5 Å². The Kier molecular flexibility index (Phi) is 9.52. The molecule has 1 saturated heterocycles. The second-order valence-electron chi connectivity index (χ2n) is 9.54. The second-order valence-corrected chi connectivity index (χ2v) is 9.54. The quantitative estimate of drug-likeness (QED) is 0.204. The van der Waals surface area contributed by atoms with E-state index in [0.29, 0.717) is 12.3 Å². The first-order chi connectivity index (χ1) is 18.0. The smallest absolute Gasteiger partial charge is 0.308 e. The summed E-state index contributed by atoms with van der Waals surface area (Å²) in [4.78, 5) is 13.7. The maximum absolute atomic E-state index is 11.4. The summed E-state index contributed by atoms with van der Waals surface area (Å²) >= 11 is 0. The summed E-state index contributed by atoms with van der Waals surface area (Å²) in [7, 11) is 0. The number of hydrogen-bond acceptors (Lipinski definition) is 5. The van der Waals surface area contributed by atoms with Crippen LogP contribution in [0.3, 0.4) is 0 Å². The zero-order chi connectivity index (χ0) is 26.0. The lowest BCUT2D eigenvalue weighted by atomic mass is 9.88. The van der Waals surface area contributed by atoms with Crippen LogP contribution in [0, 0.1) is 0 Å². The van der Waals surface area contributed by atoms with Crippen molar-refractivity contribution in [2.24, 2.45) is 0 Å². The van der Waals surface area contributed by atoms with Gasteiger partial charge in [-0.1, -0.05) is 67.9 Å². The number of esters is 1. The number of likely N-dealkylation sites (tertiary alicyclic amines) is 1. The van der Waals surface area contributed by atoms with Crippen LogP contribution in [0.25, 0.3) is 11.1 Å². The van der Waals surface area contributed by atoms with E-state index in [1.807, 2.05) is 42.5 Å². The largest absolute Gasteiger partial charge is 0.491 e. The molecular weight excluding hydrogens is 462 g/mol. The van der Waals surface area contributed by atoms with Crippen molar-refractivity contribution in [3.05, 3.63) is 95.6 Å². The van der Waals surface area contributed by atoms with Crippen LogP contribution < -0.4 is 9.47 Å². The van der Waals surface area contributed by atoms with E-state index < -0.39 is 6.10 Å². The van der Waals surface area contributed by atoms with E-state index in [4.69, 9.17) is 9.47 Å². The minimum Gasteiger partial charge on any atom is -0.491 e. The number of aliphatic hydroxyl groups excluding tert-OH is 1. The standard InChI is InChI=1S/C32H37NO4/c1-3-31(25-10-6-4-7-11-25)32(27-14-18-30(19-15-27)37-24(2)34)26-12-16-29(17-13-26)36-23-28(35)22-33-20-8-5-9-21-33/h4,6-7,10-19,28,35H,3,5,8-9,20-23H2,1-2H3/b32-31+. The Bertz CT molecular complexity index is 1160. The highest BCUT2D eigenvalue weighted by atomic mass is 16.5. The minimum absolute atomic E-state index is 0.278. The third-order valence-electron chi connectivity index (χ3n) is 6.69. The first-order valence-electron chi connectivity index (χ1n) is 13.2. The fourth-order valence-electron chi connectivity index (χ4n) is 4.94. The van der Waals surface area contributed by atoms with Crippen molar-refractivity contribution in [2.45, 2.75) is 45.6 Å². The predicted molar refractivity (Wildman–Crippen MR) is 149 cm³/mol. The summed E-state index contributed by atoms with van der Waals surface area (Å²) in [6.07, 6.45) is 4.05. The molecular formula is C32H37NO4. The summed E-state index contributed by atoms with van der Waals surface area (Å²) in [6, 6.07) is 26.1. The van der Waals surface area contributed by atoms with Gasteiger partial charge in [-0.25, -0.2) is 0 Å². The summed E-state index contributed by atoms with van der Waals surface area (Å²) in [5, 5.41) is 10.5. The number of β-amino-alcohol motifs (C(OH)–C–C–N with tert-alkyl or cyclic N) is 1. The van der Waals surface area contributed by atoms with Crippen molar-refractivity contribution in [2.75, 3.05) is 26.2 Å². The molecule has 0 aliphatic carbocycles. The highest BCUT2D eigenvalue weighted by Gasteiger charge is 2.16. The molecule has 0 aromatic heterocycles. The Balaban J connectivity index is 1.56. The number of ether oxygens (including phenoxy) is 2. The Labute approximate surface area is 220 Å². The topological polar surface area (TPSA) is 59.0 Å². The van der Waals surface area contributed by atoms with Crippen LogP contribution in [0.2, 0.25) is 0 Å². The van der Waals surface area contributed by atoms with Crippen molar-refractivity contribution in [3.63, 3.8) is 0 Å². The Morgan fingerprint density at radius 1 is 0.838 bits per heavy atom. The summed E-state index contributed by atoms with van der Waals surface area (Å²) in [5.41, 5.74) is 5.64. The molecule has 1 unspecified atom stereocenters. The third-order valence-corrected chi connectivity index (χ3v) is 6.69. The fourth-order valence-corrected chi connectivity index (χ4v) is 4.94. The van der Waals surface area contributed by atoms with Crippen molar-refractivity contribution in [1.82, 2.24) is 4.90 Å². The van der Waals surface area contributed by atoms with E-state index in [1.165, 1.54) is 37.3 Å². The number of carbonyl (C=O) groups excluding carboxylic acids is 1. The molecule has 1 aliphatic heterocycles. The Hall–Kier alpha value is -3.41. The number of allylic oxidation sites excluding steroid dienone is 1. The lowest BCUT2D eigenvalue weighted by molar-refractivity contribution is -0.131. The fraction of sp³-hybridized carbons (Fsp3) is 0.344. The van der Waals surface area contributed by atoms with Gasteiger partial charge in [0.2, 0.25) is 0 Å². The predicted octanol–water partition coefficient (Wildman–Crippen LogP) is 6.21. The molecule has 1 heterocycles. The van der Waals surface area contributed by atoms with Gasteiger partial charge in [0.25, 0.3) is 0 Å². The van der Waals surface area contributed by atoms with Crippen LogP contribution in [0.4, 0.5) is 0 Å². The molecule has 0 spiro atoms. The van der Waals surface area contributed by atoms with Gasteiger partial charge in [0.15, 0.2) is 0 Å². The molecule has 3 aromatic rings. The average Bonchev–Trinajstić information content (AvgIpc) is 2.92. The van der Waals surface area contributed by atoms with Gasteiger partial charge in [-0.2, -0.15) is 0 Å². The van der Waals surface area contributed by atoms with Crippen LogP contribution >= 0.6 is 0 Å². The minimum atomic E-state index is -0.506. The van der Waals surface area contributed by atoms with Gasteiger partial charge >= 0.3 is 5.97 Å². The normalized spacial score (nSPS) is 15.5. The van der Waals surface area contributed by atoms with E-state index in [1.54, 1.807) is 0 Å². The maximum atomic E-state index is 11.4. The number of aliphatic hydroxyl groups is 1. The van der Waals surface area contributed by atoms with Crippen molar-refractivity contribution in [3.8, 4) is 11.5 Å². The number of hydrogen-bond donors (Lipinski definition) is 1. The van der Waals surface area contributed by atoms with Gasteiger partial charge in [0, 0.05) is 13.5 Å². The van der Waals surface area contributed by atoms with Gasteiger partial charge in [0.1, 0.15) is 24.2 Å². The second kappa shape index (κ2) is 13.2. The summed E-state index contributed by atoms with van der Waals surface area (Å²) in [6.45, 7) is 6.62. The van der Waals surface area contributed by atoms with Crippen molar-refractivity contribution >= 4 is 17.1 Å². The van der Waals surface area contributed by atoms with Gasteiger partial charge in [-0.15, -0.1) is 0 Å². The Morgan fingerprint density at radius 2 is 1.43 bits per heavy atom. The van der Waals surface area contributed by atoms with Gasteiger partial charge in [-0.05, 0) is 84.5 Å². The Morgan fingerprint density at radius 3 is 2.00 bits per heavy atom. The molecule has 194 valence electrons. The van der Waals surface area contributed by atoms with Crippen molar-refractivity contribution in [1.29, 1.82) is 0 Å². The van der Waals surface area contributed by atoms with E-state index in [0.717, 1.165) is 42.0 Å². The number of benzene rings is 3. The van der Waals surface area contributed by atoms with E-state index in [2.05, 4.69) is 48.2 Å². The number of piperidine rings is 1. The number of carbonyl (C=O) groups is 1. The molecule has 1 fully saturated rings. The summed E-state index contributed by atoms with van der Waals surface area (Å²) < 4.78 is 11.2. The van der Waals surface area contributed by atoms with Crippen LogP contribution in [-0.4, -0.2) is 48.3 Å². The number of rotatable bonds is 10. The molecule has 4 rings (SSSR count). The van der Waals surface area contributed by atoms with Gasteiger partial charge in [-0.3, -0.25) is 4.79 Å². The third kappa shape index (κ3) is 7.54. The molecule has 37 heavy (non-hydrogen) atoms. The zero-order valence-electron chi connectivity index (χ0n) is 21.9. The van der Waals surface area contributed by atoms with E-state index in [9.17, 15) is 9.90 Å². The molecule has 0 saturated carbocycles. The molecule has 1 aliphatic rings. The molecule has 0 amide bonds. The lowest BCUT2D eigenvalue weighted by Gasteiger charge is -2.28. The monoisotopic (exact) mass is 499 g/mol. The maximum Gasteiger partial charge on any atom is 0.308 e. The van der Waals surface area contributed by atoms with Crippen LogP contribution in [-0.2, 0) is 4.79 Å². The summed E-state index contributed by atoms with van der Waals surface area (Å²) in [5.74, 6) is 0.933. The highest BCUT2D eigenvalue weighted by molar-refractivity contribution is 5.98. The lowest BCUT2D eigenvalue weighted by Crippen LogP contribution is -2.38. The average molecular weight is 500 g/mol. The molecule has 3 aromatic carbocycles. The zero-order valence-corrected chi connectivity index (χ0v) is 21.9. The van der Waals surface area contributed by atoms with Crippen LogP contribution in [0.1, 0.15) is 56.2 Å². The first-order valence-corrected chi connectivity index (χ1v) is 13.2. The van der Waals surface area contributed by atoms with Crippen molar-refractivity contribution < 1.29 is 19.4 Å². The molecule has 0 bridgehead atoms. The first kappa shape index (κ1) is 26.6. The van der Waals surface area contributed by atoms with E-state index >= 15 is 0 Å². The molecule has 1 atom stereocenters. The van der Waals surface area contributed by atoms with E-state index in [-0.39, 0.29) is 12.6 Å². The highest BCUT2D eigenvalue weighted by Crippen LogP contribution is 2.35. The molecule has 5 heteroatoms. The molecule has 0 radical (unpaired) electrons. The van der Waals surface area contributed by atoms with Gasteiger partial charge in [0.05, 0.1) is 0 Å².